The number of halogens is 2. The summed E-state index contributed by atoms with van der Waals surface area (Å²) >= 11 is 5.83. The van der Waals surface area contributed by atoms with Gasteiger partial charge in [-0.25, -0.2) is 19.2 Å². The molecule has 0 radical (unpaired) electrons. The number of rotatable bonds is 9. The van der Waals surface area contributed by atoms with Crippen LogP contribution in [-0.4, -0.2) is 48.6 Å². The Hall–Kier alpha value is -4.28. The first kappa shape index (κ1) is 26.0. The predicted molar refractivity (Wildman–Crippen MR) is 145 cm³/mol. The first-order valence-corrected chi connectivity index (χ1v) is 13.2. The Balaban J connectivity index is 1.17. The largest absolute Gasteiger partial charge is 0.486 e. The van der Waals surface area contributed by atoms with Crippen LogP contribution in [0.2, 0.25) is 5.02 Å². The molecule has 0 saturated carbocycles. The molecule has 2 aromatic carbocycles. The van der Waals surface area contributed by atoms with Gasteiger partial charge in [0, 0.05) is 29.4 Å². The maximum atomic E-state index is 14.1. The fourth-order valence-corrected chi connectivity index (χ4v) is 5.21. The van der Waals surface area contributed by atoms with Gasteiger partial charge in [-0.15, -0.1) is 0 Å². The van der Waals surface area contributed by atoms with Crippen LogP contribution in [0, 0.1) is 5.82 Å². The third-order valence-corrected chi connectivity index (χ3v) is 7.28. The van der Waals surface area contributed by atoms with Gasteiger partial charge in [-0.05, 0) is 67.1 Å². The summed E-state index contributed by atoms with van der Waals surface area (Å²) in [5, 5.41) is 9.81. The molecule has 6 rings (SSSR count). The number of pyridine rings is 1. The molecule has 1 saturated heterocycles. The molecule has 11 heteroatoms. The van der Waals surface area contributed by atoms with Gasteiger partial charge in [-0.2, -0.15) is 0 Å². The topological polar surface area (TPSA) is 107 Å². The number of ether oxygens (including phenoxy) is 1. The van der Waals surface area contributed by atoms with E-state index >= 15 is 0 Å². The smallest absolute Gasteiger partial charge is 0.335 e. The summed E-state index contributed by atoms with van der Waals surface area (Å²) in [6, 6.07) is 13.1. The summed E-state index contributed by atoms with van der Waals surface area (Å²) in [5.74, 6) is 0.196. The summed E-state index contributed by atoms with van der Waals surface area (Å²) in [6.07, 6.45) is 5.77. The zero-order valence-corrected chi connectivity index (χ0v) is 22.1. The van der Waals surface area contributed by atoms with Crippen LogP contribution in [0.4, 0.5) is 4.39 Å². The second-order valence-corrected chi connectivity index (χ2v) is 10.2. The molecule has 0 aliphatic carbocycles. The average Bonchev–Trinajstić information content (AvgIpc) is 3.70. The molecule has 0 amide bonds. The maximum Gasteiger partial charge on any atom is 0.335 e. The zero-order chi connectivity index (χ0) is 27.6. The highest BCUT2D eigenvalue weighted by molar-refractivity contribution is 6.30. The Morgan fingerprint density at radius 3 is 2.83 bits per heavy atom. The lowest BCUT2D eigenvalue weighted by atomic mass is 10.0. The van der Waals surface area contributed by atoms with Crippen LogP contribution < -0.4 is 4.74 Å². The van der Waals surface area contributed by atoms with E-state index in [-0.39, 0.29) is 23.8 Å². The van der Waals surface area contributed by atoms with Crippen molar-refractivity contribution >= 4 is 28.6 Å². The molecule has 3 aromatic heterocycles. The highest BCUT2D eigenvalue weighted by Crippen LogP contribution is 2.29. The lowest BCUT2D eigenvalue weighted by Gasteiger charge is -2.17. The fourth-order valence-electron chi connectivity index (χ4n) is 5.05. The van der Waals surface area contributed by atoms with Crippen LogP contribution in [0.25, 0.3) is 11.0 Å². The highest BCUT2D eigenvalue weighted by atomic mass is 35.5. The third-order valence-electron chi connectivity index (χ3n) is 7.04. The van der Waals surface area contributed by atoms with Crippen molar-refractivity contribution in [3.05, 3.63) is 107 Å². The van der Waals surface area contributed by atoms with Crippen molar-refractivity contribution in [3.8, 4) is 5.75 Å². The maximum absolute atomic E-state index is 14.1. The standard InChI is InChI=1S/C29H25ClFN5O4/c30-21-2-4-26(22(31)13-21)40-17-18-5-7-32-24(11-18)20-6-9-35(14-20)15-27-34-23-3-1-19(29(37)38)12-25(23)36(27)16-28-33-8-10-39-28/h1-5,7-8,10-13,20H,6,9,14-17H2,(H,37,38). The van der Waals surface area contributed by atoms with Crippen LogP contribution in [0.3, 0.4) is 0 Å². The number of carboxylic acid groups (broad SMARTS) is 1. The van der Waals surface area contributed by atoms with E-state index in [0.717, 1.165) is 42.1 Å². The minimum Gasteiger partial charge on any atom is -0.486 e. The van der Waals surface area contributed by atoms with Gasteiger partial charge in [-0.1, -0.05) is 11.6 Å². The van der Waals surface area contributed by atoms with E-state index in [4.69, 9.17) is 25.7 Å². The van der Waals surface area contributed by atoms with Crippen LogP contribution in [0.5, 0.6) is 5.75 Å². The van der Waals surface area contributed by atoms with E-state index in [0.29, 0.717) is 29.5 Å². The number of aromatic carboxylic acids is 1. The Kier molecular flexibility index (Phi) is 7.19. The predicted octanol–water partition coefficient (Wildman–Crippen LogP) is 5.53. The van der Waals surface area contributed by atoms with E-state index < -0.39 is 11.8 Å². The van der Waals surface area contributed by atoms with Gasteiger partial charge < -0.3 is 18.8 Å². The summed E-state index contributed by atoms with van der Waals surface area (Å²) in [4.78, 5) is 27.6. The normalized spacial score (nSPS) is 15.6. The van der Waals surface area contributed by atoms with Gasteiger partial charge >= 0.3 is 5.97 Å². The van der Waals surface area contributed by atoms with E-state index in [1.165, 1.54) is 18.4 Å². The van der Waals surface area contributed by atoms with Gasteiger partial charge in [0.15, 0.2) is 11.6 Å². The second kappa shape index (κ2) is 11.1. The van der Waals surface area contributed by atoms with Crippen molar-refractivity contribution in [2.45, 2.75) is 32.0 Å². The molecule has 1 aliphatic rings. The molecule has 1 fully saturated rings. The molecule has 9 nitrogen and oxygen atoms in total. The molecule has 1 aliphatic heterocycles. The average molecular weight is 562 g/mol. The molecule has 4 heterocycles. The number of benzene rings is 2. The van der Waals surface area contributed by atoms with E-state index in [1.54, 1.807) is 36.7 Å². The number of aromatic nitrogens is 4. The molecule has 1 unspecified atom stereocenters. The van der Waals surface area contributed by atoms with Crippen LogP contribution in [-0.2, 0) is 19.7 Å². The molecule has 0 spiro atoms. The quantitative estimate of drug-likeness (QED) is 0.250. The van der Waals surface area contributed by atoms with Gasteiger partial charge in [-0.3, -0.25) is 9.88 Å². The van der Waals surface area contributed by atoms with Gasteiger partial charge in [0.1, 0.15) is 25.2 Å². The summed E-state index contributed by atoms with van der Waals surface area (Å²) < 4.78 is 27.2. The molecular weight excluding hydrogens is 537 g/mol. The summed E-state index contributed by atoms with van der Waals surface area (Å²) in [5.41, 5.74) is 3.49. The molecule has 204 valence electrons. The number of nitrogens with zero attached hydrogens (tertiary/aromatic N) is 5. The van der Waals surface area contributed by atoms with Crippen molar-refractivity contribution in [1.29, 1.82) is 0 Å². The number of likely N-dealkylation sites (tertiary alicyclic amines) is 1. The van der Waals surface area contributed by atoms with Crippen molar-refractivity contribution in [1.82, 2.24) is 24.4 Å². The number of fused-ring (bicyclic) bond motifs is 1. The number of oxazole rings is 1. The van der Waals surface area contributed by atoms with Gasteiger partial charge in [0.05, 0.1) is 29.3 Å². The molecule has 0 bridgehead atoms. The van der Waals surface area contributed by atoms with E-state index in [1.807, 2.05) is 16.7 Å². The van der Waals surface area contributed by atoms with Crippen molar-refractivity contribution in [2.75, 3.05) is 13.1 Å². The number of carbonyl (C=O) groups is 1. The lowest BCUT2D eigenvalue weighted by Crippen LogP contribution is -2.22. The SMILES string of the molecule is O=C(O)c1ccc2nc(CN3CCC(c4cc(COc5ccc(Cl)cc5F)ccn4)C3)n(Cc3ncco3)c2c1. The Morgan fingerprint density at radius 2 is 2.02 bits per heavy atom. The van der Waals surface area contributed by atoms with Crippen LogP contribution in [0.15, 0.2) is 71.6 Å². The fraction of sp³-hybridized carbons (Fsp3) is 0.241. The molecular formula is C29H25ClFN5O4. The van der Waals surface area contributed by atoms with Gasteiger partial charge in [0.25, 0.3) is 0 Å². The van der Waals surface area contributed by atoms with E-state index in [9.17, 15) is 14.3 Å². The molecule has 1 atom stereocenters. The minimum atomic E-state index is -0.992. The number of imidazole rings is 1. The summed E-state index contributed by atoms with van der Waals surface area (Å²) in [7, 11) is 0. The minimum absolute atomic E-state index is 0.151. The van der Waals surface area contributed by atoms with E-state index in [2.05, 4.69) is 14.9 Å². The van der Waals surface area contributed by atoms with Crippen molar-refractivity contribution < 1.29 is 23.4 Å². The second-order valence-electron chi connectivity index (χ2n) is 9.72. The first-order chi connectivity index (χ1) is 19.4. The molecule has 1 N–H and O–H groups in total. The molecule has 40 heavy (non-hydrogen) atoms. The van der Waals surface area contributed by atoms with Crippen molar-refractivity contribution in [2.24, 2.45) is 0 Å². The van der Waals surface area contributed by atoms with Crippen LogP contribution >= 0.6 is 11.6 Å². The monoisotopic (exact) mass is 561 g/mol. The lowest BCUT2D eigenvalue weighted by molar-refractivity contribution is 0.0697. The summed E-state index contributed by atoms with van der Waals surface area (Å²) in [6.45, 7) is 2.77. The Morgan fingerprint density at radius 1 is 1.12 bits per heavy atom. The van der Waals surface area contributed by atoms with Gasteiger partial charge in [0.2, 0.25) is 5.89 Å². The number of hydrogen-bond donors (Lipinski definition) is 1. The Bertz CT molecular complexity index is 1670. The highest BCUT2D eigenvalue weighted by Gasteiger charge is 2.27. The number of carboxylic acids is 1. The Labute approximate surface area is 233 Å². The van der Waals surface area contributed by atoms with Crippen molar-refractivity contribution in [3.63, 3.8) is 0 Å². The number of hydrogen-bond acceptors (Lipinski definition) is 7. The molecule has 5 aromatic rings. The van der Waals surface area contributed by atoms with Crippen LogP contribution in [0.1, 0.15) is 45.7 Å². The zero-order valence-electron chi connectivity index (χ0n) is 21.3. The third kappa shape index (κ3) is 5.54. The first-order valence-electron chi connectivity index (χ1n) is 12.8.